The van der Waals surface area contributed by atoms with E-state index in [9.17, 15) is 19.2 Å². The molecule has 4 aliphatic rings. The Hall–Kier alpha value is -5.91. The molecule has 2 aromatic carbocycles. The molecule has 6 heterocycles. The topological polar surface area (TPSA) is 179 Å². The van der Waals surface area contributed by atoms with Crippen LogP contribution in [0.25, 0.3) is 44.0 Å². The van der Waals surface area contributed by atoms with E-state index in [-0.39, 0.29) is 68.2 Å². The lowest BCUT2D eigenvalue weighted by atomic mass is 10.1. The second-order valence-electron chi connectivity index (χ2n) is 20.3. The van der Waals surface area contributed by atoms with Crippen LogP contribution < -0.4 is 31.6 Å². The number of nitrogens with zero attached hydrogens (tertiary/aromatic N) is 6. The third-order valence-corrected chi connectivity index (χ3v) is 12.8. The number of carbonyl (C=O) groups is 2. The van der Waals surface area contributed by atoms with Crippen molar-refractivity contribution in [2.24, 2.45) is 11.8 Å². The number of pyridine rings is 2. The van der Waals surface area contributed by atoms with Gasteiger partial charge < -0.3 is 47.9 Å². The van der Waals surface area contributed by atoms with Crippen molar-refractivity contribution in [1.29, 1.82) is 0 Å². The Kier molecular flexibility index (Phi) is 11.9. The Labute approximate surface area is 389 Å². The number of anilines is 2. The zero-order valence-electron chi connectivity index (χ0n) is 39.1. The molecule has 16 nitrogen and oxygen atoms in total. The highest BCUT2D eigenvalue weighted by molar-refractivity contribution is 6.38. The van der Waals surface area contributed by atoms with Gasteiger partial charge in [0.25, 0.3) is 11.1 Å². The molecule has 4 aromatic heterocycles. The van der Waals surface area contributed by atoms with E-state index in [0.29, 0.717) is 84.1 Å². The van der Waals surface area contributed by atoms with E-state index in [0.717, 1.165) is 38.5 Å². The van der Waals surface area contributed by atoms with Gasteiger partial charge in [-0.15, -0.1) is 0 Å². The van der Waals surface area contributed by atoms with E-state index in [4.69, 9.17) is 29.9 Å². The van der Waals surface area contributed by atoms with E-state index in [2.05, 4.69) is 20.6 Å². The normalized spacial score (nSPS) is 18.9. The van der Waals surface area contributed by atoms with Crippen molar-refractivity contribution in [2.75, 3.05) is 49.1 Å². The number of aryl methyl sites for hydroxylation is 2. The number of halogens is 3. The van der Waals surface area contributed by atoms with Gasteiger partial charge >= 0.3 is 12.2 Å². The Bertz CT molecular complexity index is 3070. The fourth-order valence-corrected chi connectivity index (χ4v) is 9.70. The molecular weight excluding hydrogens is 890 g/mol. The highest BCUT2D eigenvalue weighted by Gasteiger charge is 2.35. The van der Waals surface area contributed by atoms with Gasteiger partial charge in [0.05, 0.1) is 27.4 Å². The second kappa shape index (κ2) is 17.3. The van der Waals surface area contributed by atoms with Gasteiger partial charge in [-0.3, -0.25) is 9.59 Å². The smallest absolute Gasteiger partial charge is 0.407 e. The van der Waals surface area contributed by atoms with Crippen LogP contribution in [0, 0.1) is 37.3 Å². The van der Waals surface area contributed by atoms with E-state index < -0.39 is 29.2 Å². The van der Waals surface area contributed by atoms with Crippen molar-refractivity contribution < 1.29 is 36.7 Å². The average molecular weight is 947 g/mol. The number of benzene rings is 2. The summed E-state index contributed by atoms with van der Waals surface area (Å²) in [6.45, 7) is 17.5. The van der Waals surface area contributed by atoms with Gasteiger partial charge in [0.1, 0.15) is 22.8 Å². The van der Waals surface area contributed by atoms with Gasteiger partial charge in [-0.25, -0.2) is 28.3 Å². The molecule has 2 atom stereocenters. The van der Waals surface area contributed by atoms with Gasteiger partial charge in [0, 0.05) is 76.0 Å². The van der Waals surface area contributed by atoms with Crippen molar-refractivity contribution in [3.63, 3.8) is 0 Å². The van der Waals surface area contributed by atoms with E-state index >= 15 is 8.78 Å². The number of ether oxygens (including phenoxy) is 2. The molecule has 0 spiro atoms. The van der Waals surface area contributed by atoms with Crippen molar-refractivity contribution >= 4 is 79.2 Å². The van der Waals surface area contributed by atoms with Gasteiger partial charge in [0.2, 0.25) is 0 Å². The molecule has 358 valence electrons. The molecule has 67 heavy (non-hydrogen) atoms. The molecule has 2 amide bonds. The Balaban J connectivity index is 0.000000168. The standard InChI is InChI=1S/C24H28ClFN4O4.C24H29FN4O4/c1-12-28-18-21(33-12)15-9-16(26)20(17(25)19(15)30(22(18)31)14-5-6-14)29-8-7-13(11-29)10-27-23(32)34-24(2,3)4;1-13-27-20-21(32-13)16-9-17(25)19(10-18(16)29(22(20)30)15-5-6-15)28-8-7-14(12-28)11-26-23(31)33-24(2,3)4/h9,13-14H,5-8,10-11H2,1-4H3,(H,27,32);9-10,14-15H,5-8,11-12H2,1-4H3,(H,26,31). The van der Waals surface area contributed by atoms with Crippen LogP contribution in [-0.4, -0.2) is 81.8 Å². The van der Waals surface area contributed by atoms with Gasteiger partial charge in [-0.05, 0) is 110 Å². The fraction of sp³-hybridized carbons (Fsp3) is 0.542. The monoisotopic (exact) mass is 946 g/mol. The molecule has 6 aromatic rings. The van der Waals surface area contributed by atoms with Crippen LogP contribution >= 0.6 is 11.6 Å². The number of fused-ring (bicyclic) bond motifs is 6. The molecular formula is C48H57ClF2N8O8. The molecule has 2 N–H and O–H groups in total. The van der Waals surface area contributed by atoms with Crippen molar-refractivity contribution in [1.82, 2.24) is 29.7 Å². The summed E-state index contributed by atoms with van der Waals surface area (Å²) in [7, 11) is 0. The number of aromatic nitrogens is 4. The van der Waals surface area contributed by atoms with Crippen LogP contribution in [0.4, 0.5) is 29.7 Å². The second-order valence-corrected chi connectivity index (χ2v) is 20.7. The molecule has 2 unspecified atom stereocenters. The number of nitrogens with one attached hydrogen (secondary N) is 2. The Morgan fingerprint density at radius 3 is 1.73 bits per heavy atom. The van der Waals surface area contributed by atoms with Crippen LogP contribution in [-0.2, 0) is 9.47 Å². The van der Waals surface area contributed by atoms with Gasteiger partial charge in [-0.1, -0.05) is 11.6 Å². The molecule has 0 bridgehead atoms. The molecule has 2 saturated carbocycles. The summed E-state index contributed by atoms with van der Waals surface area (Å²) >= 11 is 6.84. The lowest BCUT2D eigenvalue weighted by Crippen LogP contribution is -2.36. The molecule has 19 heteroatoms. The first kappa shape index (κ1) is 46.2. The number of alkyl carbamates (subject to hydrolysis) is 2. The Morgan fingerprint density at radius 2 is 1.19 bits per heavy atom. The number of hydrogen-bond donors (Lipinski definition) is 2. The summed E-state index contributed by atoms with van der Waals surface area (Å²) in [6, 6.07) is 4.77. The van der Waals surface area contributed by atoms with Crippen LogP contribution in [0.1, 0.15) is 104 Å². The molecule has 2 aliphatic heterocycles. The quantitative estimate of drug-likeness (QED) is 0.148. The average Bonchev–Trinajstić information content (AvgIpc) is 4.04. The lowest BCUT2D eigenvalue weighted by Gasteiger charge is -2.23. The third kappa shape index (κ3) is 9.50. The molecule has 2 aliphatic carbocycles. The summed E-state index contributed by atoms with van der Waals surface area (Å²) in [5.74, 6) is 0.194. The summed E-state index contributed by atoms with van der Waals surface area (Å²) < 4.78 is 56.1. The maximum Gasteiger partial charge on any atom is 0.407 e. The minimum absolute atomic E-state index is 0.0246. The summed E-state index contributed by atoms with van der Waals surface area (Å²) in [5.41, 5.74) is 1.41. The summed E-state index contributed by atoms with van der Waals surface area (Å²) in [4.78, 5) is 62.7. The van der Waals surface area contributed by atoms with E-state index in [1.54, 1.807) is 29.0 Å². The first-order valence-electron chi connectivity index (χ1n) is 23.1. The SMILES string of the molecule is Cc1nc2c(=O)n(C3CC3)c3c(Cl)c(N4CCC(CNC(=O)OC(C)(C)C)C4)c(F)cc3c2o1.Cc1nc2c(=O)n(C3CC3)c3cc(N4CCC(CNC(=O)OC(C)(C)C)C4)c(F)cc3c2o1. The summed E-state index contributed by atoms with van der Waals surface area (Å²) in [6.07, 6.45) is 4.24. The van der Waals surface area contributed by atoms with Crippen LogP contribution in [0.3, 0.4) is 0 Å². The van der Waals surface area contributed by atoms with E-state index in [1.165, 1.54) is 12.1 Å². The fourth-order valence-electron chi connectivity index (χ4n) is 9.30. The maximum absolute atomic E-state index is 15.5. The van der Waals surface area contributed by atoms with Crippen LogP contribution in [0.5, 0.6) is 0 Å². The zero-order valence-corrected chi connectivity index (χ0v) is 39.9. The predicted octanol–water partition coefficient (Wildman–Crippen LogP) is 9.21. The molecule has 0 radical (unpaired) electrons. The zero-order chi connectivity index (χ0) is 47.9. The third-order valence-electron chi connectivity index (χ3n) is 12.5. The molecule has 2 saturated heterocycles. The van der Waals surface area contributed by atoms with Gasteiger partial charge in [-0.2, -0.15) is 0 Å². The minimum atomic E-state index is -0.571. The largest absolute Gasteiger partial charge is 0.444 e. The van der Waals surface area contributed by atoms with Gasteiger partial charge in [0.15, 0.2) is 34.0 Å². The van der Waals surface area contributed by atoms with Crippen molar-refractivity contribution in [3.05, 3.63) is 67.3 Å². The predicted molar refractivity (Wildman–Crippen MR) is 252 cm³/mol. The molecule has 10 rings (SSSR count). The number of oxazole rings is 2. The first-order chi connectivity index (χ1) is 31.6. The number of amides is 2. The maximum atomic E-state index is 15.5. The number of hydrogen-bond acceptors (Lipinski definition) is 12. The summed E-state index contributed by atoms with van der Waals surface area (Å²) in [5, 5.41) is 6.84. The van der Waals surface area contributed by atoms with E-state index in [1.807, 2.05) is 51.3 Å². The Morgan fingerprint density at radius 1 is 0.716 bits per heavy atom. The minimum Gasteiger partial charge on any atom is -0.444 e. The lowest BCUT2D eigenvalue weighted by molar-refractivity contribution is 0.0509. The molecule has 4 fully saturated rings. The number of rotatable bonds is 8. The van der Waals surface area contributed by atoms with Crippen molar-refractivity contribution in [3.8, 4) is 0 Å². The van der Waals surface area contributed by atoms with Crippen molar-refractivity contribution in [2.45, 2.75) is 117 Å². The highest BCUT2D eigenvalue weighted by atomic mass is 35.5. The number of carbonyl (C=O) groups excluding carboxylic acids is 2. The van der Waals surface area contributed by atoms with Crippen LogP contribution in [0.2, 0.25) is 5.02 Å². The first-order valence-corrected chi connectivity index (χ1v) is 23.4. The van der Waals surface area contributed by atoms with Crippen LogP contribution in [0.15, 0.2) is 36.6 Å². The highest BCUT2D eigenvalue weighted by Crippen LogP contribution is 2.45.